The summed E-state index contributed by atoms with van der Waals surface area (Å²) in [6.07, 6.45) is 3.72. The van der Waals surface area contributed by atoms with E-state index in [0.717, 1.165) is 0 Å². The lowest BCUT2D eigenvalue weighted by molar-refractivity contribution is 0.599. The molecule has 0 saturated heterocycles. The van der Waals surface area contributed by atoms with E-state index in [2.05, 4.69) is 0 Å². The highest BCUT2D eigenvalue weighted by Crippen LogP contribution is 2.11. The molecule has 1 aromatic carbocycles. The first kappa shape index (κ1) is 9.47. The van der Waals surface area contributed by atoms with Crippen molar-refractivity contribution < 1.29 is 4.39 Å². The van der Waals surface area contributed by atoms with Gasteiger partial charge in [0.2, 0.25) is 0 Å². The van der Waals surface area contributed by atoms with Gasteiger partial charge in [-0.15, -0.1) is 0 Å². The van der Waals surface area contributed by atoms with Gasteiger partial charge in [0.1, 0.15) is 5.82 Å². The number of hydrogen-bond acceptors (Lipinski definition) is 1. The molecule has 0 spiro atoms. The molecule has 0 aliphatic heterocycles. The lowest BCUT2D eigenvalue weighted by atomic mass is 10.1. The second-order valence-electron chi connectivity index (χ2n) is 3.27. The monoisotopic (exact) mass is 200 g/mol. The molecule has 0 amide bonds. The minimum Gasteiger partial charge on any atom is -0.350 e. The third-order valence-electron chi connectivity index (χ3n) is 2.19. The lowest BCUT2D eigenvalue weighted by Gasteiger charge is -2.04. The summed E-state index contributed by atoms with van der Waals surface area (Å²) in [5.41, 5.74) is 1.02. The smallest absolute Gasteiger partial charge is 0.128 e. The van der Waals surface area contributed by atoms with Gasteiger partial charge >= 0.3 is 0 Å². The van der Waals surface area contributed by atoms with Crippen LogP contribution >= 0.6 is 0 Å². The van der Waals surface area contributed by atoms with Crippen LogP contribution in [0.1, 0.15) is 11.1 Å². The van der Waals surface area contributed by atoms with Crippen LogP contribution < -0.4 is 0 Å². The van der Waals surface area contributed by atoms with Gasteiger partial charge in [-0.1, -0.05) is 0 Å². The summed E-state index contributed by atoms with van der Waals surface area (Å²) in [5.74, 6) is -0.275. The van der Waals surface area contributed by atoms with E-state index >= 15 is 0 Å². The molecule has 0 fully saturated rings. The molecule has 2 rings (SSSR count). The zero-order valence-corrected chi connectivity index (χ0v) is 8.02. The fraction of sp³-hybridized carbons (Fsp3) is 0.0833. The average Bonchev–Trinajstić information content (AvgIpc) is 2.74. The topological polar surface area (TPSA) is 28.7 Å². The van der Waals surface area contributed by atoms with Gasteiger partial charge in [-0.3, -0.25) is 0 Å². The maximum Gasteiger partial charge on any atom is 0.128 e. The van der Waals surface area contributed by atoms with E-state index in [9.17, 15) is 4.39 Å². The number of nitriles is 1. The van der Waals surface area contributed by atoms with E-state index in [1.165, 1.54) is 12.1 Å². The zero-order valence-electron chi connectivity index (χ0n) is 8.02. The first-order chi connectivity index (χ1) is 7.29. The Bertz CT molecular complexity index is 495. The lowest BCUT2D eigenvalue weighted by Crippen LogP contribution is -1.99. The third kappa shape index (κ3) is 2.05. The molecular weight excluding hydrogens is 191 g/mol. The molecule has 0 atom stereocenters. The summed E-state index contributed by atoms with van der Waals surface area (Å²) >= 11 is 0. The Morgan fingerprint density at radius 3 is 2.67 bits per heavy atom. The van der Waals surface area contributed by atoms with E-state index < -0.39 is 0 Å². The highest BCUT2D eigenvalue weighted by Gasteiger charge is 2.03. The number of benzene rings is 1. The predicted molar refractivity (Wildman–Crippen MR) is 54.6 cm³/mol. The third-order valence-corrected chi connectivity index (χ3v) is 2.19. The van der Waals surface area contributed by atoms with Crippen molar-refractivity contribution >= 4 is 0 Å². The van der Waals surface area contributed by atoms with Gasteiger partial charge in [0.15, 0.2) is 0 Å². The highest BCUT2D eigenvalue weighted by atomic mass is 19.1. The zero-order chi connectivity index (χ0) is 10.7. The Morgan fingerprint density at radius 1 is 1.27 bits per heavy atom. The number of rotatable bonds is 2. The van der Waals surface area contributed by atoms with Crippen molar-refractivity contribution in [3.63, 3.8) is 0 Å². The Kier molecular flexibility index (Phi) is 2.51. The Balaban J connectivity index is 2.32. The molecule has 74 valence electrons. The second-order valence-corrected chi connectivity index (χ2v) is 3.27. The van der Waals surface area contributed by atoms with Crippen molar-refractivity contribution in [1.82, 2.24) is 4.57 Å². The van der Waals surface area contributed by atoms with E-state index in [0.29, 0.717) is 17.7 Å². The fourth-order valence-corrected chi connectivity index (χ4v) is 1.44. The maximum absolute atomic E-state index is 13.4. The molecule has 0 unspecified atom stereocenters. The second kappa shape index (κ2) is 3.97. The van der Waals surface area contributed by atoms with Crippen LogP contribution in [0.3, 0.4) is 0 Å². The minimum absolute atomic E-state index is 0.275. The predicted octanol–water partition coefficient (Wildman–Crippen LogP) is 2.55. The molecule has 2 nitrogen and oxygen atoms in total. The molecule has 0 bridgehead atoms. The van der Waals surface area contributed by atoms with Gasteiger partial charge in [-0.05, 0) is 30.3 Å². The van der Waals surface area contributed by atoms with Crippen molar-refractivity contribution in [3.8, 4) is 6.07 Å². The fourth-order valence-electron chi connectivity index (χ4n) is 1.44. The molecule has 2 aromatic rings. The first-order valence-corrected chi connectivity index (χ1v) is 4.59. The maximum atomic E-state index is 13.4. The average molecular weight is 200 g/mol. The number of halogens is 1. The molecule has 15 heavy (non-hydrogen) atoms. The number of nitrogens with zero attached hydrogens (tertiary/aromatic N) is 2. The minimum atomic E-state index is -0.275. The van der Waals surface area contributed by atoms with Crippen LogP contribution in [0.5, 0.6) is 0 Å². The quantitative estimate of drug-likeness (QED) is 0.732. The van der Waals surface area contributed by atoms with Crippen molar-refractivity contribution in [3.05, 3.63) is 59.7 Å². The van der Waals surface area contributed by atoms with E-state index in [1.54, 1.807) is 6.07 Å². The summed E-state index contributed by atoms with van der Waals surface area (Å²) in [4.78, 5) is 0. The summed E-state index contributed by atoms with van der Waals surface area (Å²) < 4.78 is 15.2. The van der Waals surface area contributed by atoms with Gasteiger partial charge in [-0.25, -0.2) is 4.39 Å². The Hall–Kier alpha value is -2.08. The molecule has 0 radical (unpaired) electrons. The molecule has 1 aromatic heterocycles. The summed E-state index contributed by atoms with van der Waals surface area (Å²) in [6.45, 7) is 0.453. The van der Waals surface area contributed by atoms with Gasteiger partial charge in [-0.2, -0.15) is 5.26 Å². The molecular formula is C12H9FN2. The van der Waals surface area contributed by atoms with Crippen molar-refractivity contribution in [2.75, 3.05) is 0 Å². The normalized spacial score (nSPS) is 9.87. The van der Waals surface area contributed by atoms with Gasteiger partial charge in [0, 0.05) is 24.5 Å². The number of aromatic nitrogens is 1. The molecule has 1 heterocycles. The van der Waals surface area contributed by atoms with Crippen LogP contribution in [0.4, 0.5) is 4.39 Å². The van der Waals surface area contributed by atoms with Crippen LogP contribution in [0.25, 0.3) is 0 Å². The molecule has 0 aliphatic rings. The number of hydrogen-bond donors (Lipinski definition) is 0. The van der Waals surface area contributed by atoms with Crippen LogP contribution in [0, 0.1) is 17.1 Å². The summed E-state index contributed by atoms with van der Waals surface area (Å²) in [7, 11) is 0. The summed E-state index contributed by atoms with van der Waals surface area (Å²) in [5, 5.41) is 8.70. The van der Waals surface area contributed by atoms with Crippen LogP contribution in [-0.4, -0.2) is 4.57 Å². The van der Waals surface area contributed by atoms with E-state index in [-0.39, 0.29) is 5.82 Å². The molecule has 0 aliphatic carbocycles. The van der Waals surface area contributed by atoms with Crippen molar-refractivity contribution in [1.29, 1.82) is 5.26 Å². The van der Waals surface area contributed by atoms with Crippen molar-refractivity contribution in [2.24, 2.45) is 0 Å². The van der Waals surface area contributed by atoms with Crippen molar-refractivity contribution in [2.45, 2.75) is 6.54 Å². The van der Waals surface area contributed by atoms with Gasteiger partial charge < -0.3 is 4.57 Å². The van der Waals surface area contributed by atoms with Crippen LogP contribution in [0.2, 0.25) is 0 Å². The highest BCUT2D eigenvalue weighted by molar-refractivity contribution is 5.33. The summed E-state index contributed by atoms with van der Waals surface area (Å²) in [6, 6.07) is 10.2. The van der Waals surface area contributed by atoms with E-state index in [4.69, 9.17) is 5.26 Å². The Labute approximate surface area is 87.2 Å². The van der Waals surface area contributed by atoms with Gasteiger partial charge in [0.05, 0.1) is 11.6 Å². The molecule has 0 saturated carbocycles. The largest absolute Gasteiger partial charge is 0.350 e. The van der Waals surface area contributed by atoms with Crippen LogP contribution in [-0.2, 0) is 6.54 Å². The molecule has 0 N–H and O–H groups in total. The Morgan fingerprint density at radius 2 is 2.00 bits per heavy atom. The molecule has 3 heteroatoms. The van der Waals surface area contributed by atoms with Crippen LogP contribution in [0.15, 0.2) is 42.7 Å². The van der Waals surface area contributed by atoms with E-state index in [1.807, 2.05) is 35.2 Å². The SMILES string of the molecule is N#Cc1ccc(F)c(Cn2cccc2)c1. The first-order valence-electron chi connectivity index (χ1n) is 4.59. The van der Waals surface area contributed by atoms with Gasteiger partial charge in [0.25, 0.3) is 0 Å². The standard InChI is InChI=1S/C12H9FN2/c13-12-4-3-10(8-14)7-11(12)9-15-5-1-2-6-15/h1-7H,9H2.